The van der Waals surface area contributed by atoms with Gasteiger partial charge in [0.05, 0.1) is 5.69 Å². The molecule has 130 valence electrons. The Bertz CT molecular complexity index is 984. The Morgan fingerprint density at radius 2 is 1.81 bits per heavy atom. The van der Waals surface area contributed by atoms with Gasteiger partial charge in [-0.15, -0.1) is 0 Å². The van der Waals surface area contributed by atoms with E-state index in [4.69, 9.17) is 0 Å². The molecule has 1 aliphatic heterocycles. The lowest BCUT2D eigenvalue weighted by molar-refractivity contribution is 0.366. The summed E-state index contributed by atoms with van der Waals surface area (Å²) in [5.74, 6) is -1.67. The summed E-state index contributed by atoms with van der Waals surface area (Å²) in [5.41, 5.74) is 5.51. The maximum absolute atomic E-state index is 13.7. The Morgan fingerprint density at radius 3 is 2.58 bits per heavy atom. The van der Waals surface area contributed by atoms with Crippen LogP contribution in [0.1, 0.15) is 16.7 Å². The second-order valence-corrected chi connectivity index (χ2v) is 6.42. The molecule has 3 nitrogen and oxygen atoms in total. The molecule has 0 amide bonds. The van der Waals surface area contributed by atoms with Crippen molar-refractivity contribution in [3.63, 3.8) is 0 Å². The summed E-state index contributed by atoms with van der Waals surface area (Å²) in [4.78, 5) is 2.17. The first-order valence-electron chi connectivity index (χ1n) is 8.37. The fourth-order valence-electron chi connectivity index (χ4n) is 3.25. The van der Waals surface area contributed by atoms with E-state index in [9.17, 15) is 8.78 Å². The summed E-state index contributed by atoms with van der Waals surface area (Å²) in [5, 5.41) is 8.11. The standard InChI is InChI=1S/C21H17F2N3/c1-26-10-8-18(14-5-7-19(22)20(23)12-14)17-6-4-15(11-16(17)13-26)21-3-2-9-24-25-21/h2-9,11-12H,10,13H2,1H3. The van der Waals surface area contributed by atoms with Gasteiger partial charge >= 0.3 is 0 Å². The van der Waals surface area contributed by atoms with Crippen LogP contribution in [0.5, 0.6) is 0 Å². The molecule has 4 rings (SSSR count). The van der Waals surface area contributed by atoms with Crippen LogP contribution in [0.4, 0.5) is 8.78 Å². The van der Waals surface area contributed by atoms with Crippen LogP contribution in [0.3, 0.4) is 0 Å². The molecule has 0 fully saturated rings. The number of benzene rings is 2. The third-order valence-electron chi connectivity index (χ3n) is 4.54. The van der Waals surface area contributed by atoms with E-state index in [0.29, 0.717) is 5.56 Å². The van der Waals surface area contributed by atoms with Crippen LogP contribution in [0.15, 0.2) is 60.8 Å². The van der Waals surface area contributed by atoms with Crippen LogP contribution in [0.2, 0.25) is 0 Å². The minimum Gasteiger partial charge on any atom is -0.298 e. The molecule has 0 spiro atoms. The topological polar surface area (TPSA) is 29.0 Å². The fourth-order valence-corrected chi connectivity index (χ4v) is 3.25. The zero-order chi connectivity index (χ0) is 18.1. The summed E-state index contributed by atoms with van der Waals surface area (Å²) in [6, 6.07) is 13.9. The number of rotatable bonds is 2. The predicted molar refractivity (Wildman–Crippen MR) is 97.2 cm³/mol. The molecule has 0 radical (unpaired) electrons. The number of fused-ring (bicyclic) bond motifs is 1. The van der Waals surface area contributed by atoms with E-state index in [1.807, 2.05) is 31.3 Å². The molecule has 1 aliphatic rings. The number of hydrogen-bond acceptors (Lipinski definition) is 3. The van der Waals surface area contributed by atoms with Gasteiger partial charge in [-0.05, 0) is 59.6 Å². The Labute approximate surface area is 150 Å². The van der Waals surface area contributed by atoms with Crippen molar-refractivity contribution in [2.24, 2.45) is 0 Å². The quantitative estimate of drug-likeness (QED) is 0.691. The highest BCUT2D eigenvalue weighted by molar-refractivity contribution is 5.83. The van der Waals surface area contributed by atoms with Crippen molar-refractivity contribution in [1.29, 1.82) is 0 Å². The van der Waals surface area contributed by atoms with Crippen LogP contribution in [0.25, 0.3) is 16.8 Å². The summed E-state index contributed by atoms with van der Waals surface area (Å²) >= 11 is 0. The molecular weight excluding hydrogens is 332 g/mol. The molecular formula is C21H17F2N3. The highest BCUT2D eigenvalue weighted by atomic mass is 19.2. The normalized spacial score (nSPS) is 14.5. The van der Waals surface area contributed by atoms with E-state index in [1.54, 1.807) is 12.3 Å². The van der Waals surface area contributed by atoms with Crippen molar-refractivity contribution in [2.75, 3.05) is 13.6 Å². The van der Waals surface area contributed by atoms with Crippen molar-refractivity contribution < 1.29 is 8.78 Å². The van der Waals surface area contributed by atoms with Crippen LogP contribution >= 0.6 is 0 Å². The number of likely N-dealkylation sites (N-methyl/N-ethyl adjacent to an activating group) is 1. The maximum atomic E-state index is 13.7. The van der Waals surface area contributed by atoms with Crippen LogP contribution in [-0.4, -0.2) is 28.7 Å². The minimum absolute atomic E-state index is 0.674. The molecule has 5 heteroatoms. The first kappa shape index (κ1) is 16.5. The fraction of sp³-hybridized carbons (Fsp3) is 0.143. The van der Waals surface area contributed by atoms with Gasteiger partial charge in [0.1, 0.15) is 0 Å². The van der Waals surface area contributed by atoms with E-state index in [0.717, 1.165) is 41.0 Å². The molecule has 0 saturated heterocycles. The zero-order valence-electron chi connectivity index (χ0n) is 14.3. The first-order valence-corrected chi connectivity index (χ1v) is 8.37. The van der Waals surface area contributed by atoms with Gasteiger partial charge in [-0.1, -0.05) is 24.3 Å². The van der Waals surface area contributed by atoms with Crippen molar-refractivity contribution in [2.45, 2.75) is 6.54 Å². The van der Waals surface area contributed by atoms with Gasteiger partial charge in [-0.25, -0.2) is 8.78 Å². The summed E-state index contributed by atoms with van der Waals surface area (Å²) in [7, 11) is 2.03. The molecule has 3 aromatic rings. The van der Waals surface area contributed by atoms with Crippen molar-refractivity contribution >= 4 is 5.57 Å². The Morgan fingerprint density at radius 1 is 0.962 bits per heavy atom. The van der Waals surface area contributed by atoms with E-state index >= 15 is 0 Å². The monoisotopic (exact) mass is 349 g/mol. The predicted octanol–water partition coefficient (Wildman–Crippen LogP) is 4.30. The maximum Gasteiger partial charge on any atom is 0.159 e. The average molecular weight is 349 g/mol. The summed E-state index contributed by atoms with van der Waals surface area (Å²) in [6.45, 7) is 1.48. The second kappa shape index (κ2) is 6.77. The number of halogens is 2. The molecule has 26 heavy (non-hydrogen) atoms. The number of aromatic nitrogens is 2. The lowest BCUT2D eigenvalue weighted by atomic mass is 9.92. The van der Waals surface area contributed by atoms with Gasteiger partial charge in [-0.2, -0.15) is 10.2 Å². The Kier molecular flexibility index (Phi) is 4.31. The van der Waals surface area contributed by atoms with Gasteiger partial charge < -0.3 is 0 Å². The largest absolute Gasteiger partial charge is 0.298 e. The van der Waals surface area contributed by atoms with Gasteiger partial charge in [-0.3, -0.25) is 4.90 Å². The Hall–Kier alpha value is -2.92. The van der Waals surface area contributed by atoms with E-state index in [-0.39, 0.29) is 0 Å². The van der Waals surface area contributed by atoms with Gasteiger partial charge in [0, 0.05) is 24.8 Å². The highest BCUT2D eigenvalue weighted by Crippen LogP contribution is 2.32. The van der Waals surface area contributed by atoms with Crippen molar-refractivity contribution in [3.05, 3.63) is 89.1 Å². The molecule has 2 heterocycles. The number of nitrogens with zero attached hydrogens (tertiary/aromatic N) is 3. The van der Waals surface area contributed by atoms with Gasteiger partial charge in [0.15, 0.2) is 11.6 Å². The minimum atomic E-state index is -0.835. The number of hydrogen-bond donors (Lipinski definition) is 0. The smallest absolute Gasteiger partial charge is 0.159 e. The lowest BCUT2D eigenvalue weighted by Crippen LogP contribution is -2.16. The summed E-state index contributed by atoms with van der Waals surface area (Å²) in [6.07, 6.45) is 3.70. The van der Waals surface area contributed by atoms with Crippen molar-refractivity contribution in [1.82, 2.24) is 15.1 Å². The van der Waals surface area contributed by atoms with E-state index in [2.05, 4.69) is 27.2 Å². The third kappa shape index (κ3) is 3.13. The molecule has 0 bridgehead atoms. The molecule has 0 aliphatic carbocycles. The average Bonchev–Trinajstić information content (AvgIpc) is 2.82. The summed E-state index contributed by atoms with van der Waals surface area (Å²) < 4.78 is 27.1. The lowest BCUT2D eigenvalue weighted by Gasteiger charge is -2.15. The Balaban J connectivity index is 1.83. The van der Waals surface area contributed by atoms with E-state index < -0.39 is 11.6 Å². The van der Waals surface area contributed by atoms with Crippen LogP contribution in [0, 0.1) is 11.6 Å². The zero-order valence-corrected chi connectivity index (χ0v) is 14.3. The first-order chi connectivity index (χ1) is 12.6. The van der Waals surface area contributed by atoms with Crippen LogP contribution in [-0.2, 0) is 6.54 Å². The van der Waals surface area contributed by atoms with Gasteiger partial charge in [0.2, 0.25) is 0 Å². The second-order valence-electron chi connectivity index (χ2n) is 6.42. The highest BCUT2D eigenvalue weighted by Gasteiger charge is 2.17. The molecule has 2 aromatic carbocycles. The molecule has 1 aromatic heterocycles. The van der Waals surface area contributed by atoms with E-state index in [1.165, 1.54) is 12.1 Å². The molecule has 0 unspecified atom stereocenters. The SMILES string of the molecule is CN1CC=C(c2ccc(F)c(F)c2)c2ccc(-c3cccnn3)cc2C1. The molecule has 0 atom stereocenters. The molecule has 0 saturated carbocycles. The molecule has 0 N–H and O–H groups in total. The third-order valence-corrected chi connectivity index (χ3v) is 4.54. The van der Waals surface area contributed by atoms with Gasteiger partial charge in [0.25, 0.3) is 0 Å². The van der Waals surface area contributed by atoms with Crippen molar-refractivity contribution in [3.8, 4) is 11.3 Å². The van der Waals surface area contributed by atoms with Crippen LogP contribution < -0.4 is 0 Å².